The van der Waals surface area contributed by atoms with Gasteiger partial charge in [-0.2, -0.15) is 0 Å². The molecule has 3 unspecified atom stereocenters. The van der Waals surface area contributed by atoms with Crippen LogP contribution in [0.25, 0.3) is 0 Å². The lowest BCUT2D eigenvalue weighted by molar-refractivity contribution is -0.138. The smallest absolute Gasteiger partial charge is 0.321 e. The fourth-order valence-electron chi connectivity index (χ4n) is 1.22. The van der Waals surface area contributed by atoms with E-state index in [-0.39, 0.29) is 0 Å². The Morgan fingerprint density at radius 1 is 1.40 bits per heavy atom. The van der Waals surface area contributed by atoms with Crippen molar-refractivity contribution in [3.8, 4) is 0 Å². The molecule has 0 aliphatic carbocycles. The van der Waals surface area contributed by atoms with Crippen LogP contribution >= 0.6 is 25.3 Å². The normalized spacial score (nSPS) is 12.7. The Labute approximate surface area is 95.0 Å². The number of hydrogen-bond acceptors (Lipinski definition) is 2. The van der Waals surface area contributed by atoms with Crippen molar-refractivity contribution >= 4 is 31.3 Å². The lowest BCUT2D eigenvalue weighted by Crippen LogP contribution is -2.33. The van der Waals surface area contributed by atoms with Gasteiger partial charge in [-0.25, -0.2) is 0 Å². The summed E-state index contributed by atoms with van der Waals surface area (Å²) in [5.41, 5.74) is 1.03. The van der Waals surface area contributed by atoms with E-state index in [1.165, 1.54) is 0 Å². The van der Waals surface area contributed by atoms with Gasteiger partial charge in [-0.3, -0.25) is 9.88 Å². The predicted octanol–water partition coefficient (Wildman–Crippen LogP) is 2.25. The van der Waals surface area contributed by atoms with Gasteiger partial charge in [-0.05, 0) is 19.4 Å². The second kappa shape index (κ2) is 6.51. The summed E-state index contributed by atoms with van der Waals surface area (Å²) in [5.74, 6) is -0.809. The molecule has 0 fully saturated rings. The Kier molecular flexibility index (Phi) is 5.64. The number of benzene rings is 1. The molecule has 0 spiro atoms. The van der Waals surface area contributed by atoms with Crippen LogP contribution in [0, 0.1) is 0 Å². The van der Waals surface area contributed by atoms with E-state index >= 15 is 0 Å². The molecule has 0 aliphatic rings. The largest absolute Gasteiger partial charge is 0.480 e. The third kappa shape index (κ3) is 5.00. The highest BCUT2D eigenvalue weighted by Gasteiger charge is 2.18. The summed E-state index contributed by atoms with van der Waals surface area (Å²) in [6, 6.07) is 9.10. The molecule has 0 aliphatic heterocycles. The van der Waals surface area contributed by atoms with E-state index in [4.69, 9.17) is 5.11 Å². The van der Waals surface area contributed by atoms with Gasteiger partial charge in [0.1, 0.15) is 6.04 Å². The lowest BCUT2D eigenvalue weighted by Gasteiger charge is -2.16. The monoisotopic (exact) mass is 261 g/mol. The third-order valence-corrected chi connectivity index (χ3v) is 3.39. The minimum absolute atomic E-state index is 0.512. The van der Waals surface area contributed by atoms with Crippen molar-refractivity contribution in [1.29, 1.82) is 0 Å². The Morgan fingerprint density at radius 2 is 2.00 bits per heavy atom. The van der Waals surface area contributed by atoms with Crippen molar-refractivity contribution in [2.75, 3.05) is 0 Å². The molecule has 3 atom stereocenters. The van der Waals surface area contributed by atoms with E-state index in [1.54, 1.807) is 0 Å². The van der Waals surface area contributed by atoms with Crippen LogP contribution in [0.2, 0.25) is 0 Å². The number of aliphatic carboxylic acids is 1. The molecule has 3 nitrogen and oxygen atoms in total. The molecule has 0 saturated heterocycles. The summed E-state index contributed by atoms with van der Waals surface area (Å²) in [7, 11) is 4.57. The second-order valence-electron chi connectivity index (χ2n) is 3.12. The van der Waals surface area contributed by atoms with Crippen molar-refractivity contribution in [2.24, 2.45) is 0 Å². The fraction of sp³-hybridized carbons (Fsp3) is 0.222. The highest BCUT2D eigenvalue weighted by atomic mass is 32.4. The summed E-state index contributed by atoms with van der Waals surface area (Å²) < 4.78 is 0. The van der Waals surface area contributed by atoms with Gasteiger partial charge in [0.2, 0.25) is 0 Å². The summed E-state index contributed by atoms with van der Waals surface area (Å²) in [4.78, 5) is 11.0. The molecule has 2 N–H and O–H groups in total. The van der Waals surface area contributed by atoms with Gasteiger partial charge in [0.25, 0.3) is 0 Å². The first-order valence-electron chi connectivity index (χ1n) is 4.42. The molecule has 0 radical (unpaired) electrons. The van der Waals surface area contributed by atoms with Crippen molar-refractivity contribution in [3.63, 3.8) is 0 Å². The van der Waals surface area contributed by atoms with Crippen molar-refractivity contribution in [3.05, 3.63) is 35.9 Å². The zero-order valence-electron chi connectivity index (χ0n) is 8.13. The molecule has 15 heavy (non-hydrogen) atoms. The molecule has 1 aromatic carbocycles. The number of carbonyl (C=O) groups is 1. The molecular weight excluding hydrogens is 247 g/mol. The third-order valence-electron chi connectivity index (χ3n) is 1.89. The van der Waals surface area contributed by atoms with Crippen LogP contribution in [0.3, 0.4) is 0 Å². The molecule has 0 saturated carbocycles. The Morgan fingerprint density at radius 3 is 2.47 bits per heavy atom. The average Bonchev–Trinajstić information content (AvgIpc) is 2.17. The fourth-order valence-corrected chi connectivity index (χ4v) is 2.86. The van der Waals surface area contributed by atoms with Crippen LogP contribution in [0.4, 0.5) is 0 Å². The molecular formula is C9H14NO2P3. The van der Waals surface area contributed by atoms with E-state index in [0.29, 0.717) is 6.42 Å². The average molecular weight is 261 g/mol. The summed E-state index contributed by atoms with van der Waals surface area (Å²) in [6.07, 6.45) is 0.512. The predicted molar refractivity (Wildman–Crippen MR) is 71.0 cm³/mol. The van der Waals surface area contributed by atoms with Crippen LogP contribution in [-0.2, 0) is 11.2 Å². The number of hydrogen-bond donors (Lipinski definition) is 2. The highest BCUT2D eigenvalue weighted by Crippen LogP contribution is 2.48. The molecule has 0 heterocycles. The highest BCUT2D eigenvalue weighted by molar-refractivity contribution is 8.42. The molecule has 0 amide bonds. The van der Waals surface area contributed by atoms with Gasteiger partial charge in [-0.15, -0.1) is 0 Å². The van der Waals surface area contributed by atoms with E-state index in [2.05, 4.69) is 22.9 Å². The Hall–Kier alpha value is -0.0600. The summed E-state index contributed by atoms with van der Waals surface area (Å²) >= 11 is 0. The zero-order valence-corrected chi connectivity index (χ0v) is 11.3. The molecule has 0 aromatic heterocycles. The quantitative estimate of drug-likeness (QED) is 0.799. The van der Waals surface area contributed by atoms with Crippen LogP contribution in [0.5, 0.6) is 0 Å². The number of rotatable bonds is 5. The van der Waals surface area contributed by atoms with Crippen molar-refractivity contribution < 1.29 is 9.90 Å². The first-order chi connectivity index (χ1) is 7.09. The van der Waals surface area contributed by atoms with E-state index in [1.807, 2.05) is 30.3 Å². The maximum Gasteiger partial charge on any atom is 0.321 e. The summed E-state index contributed by atoms with van der Waals surface area (Å²) in [6.45, 7) is 0. The topological polar surface area (TPSA) is 49.3 Å². The van der Waals surface area contributed by atoms with Gasteiger partial charge in [0.15, 0.2) is 0 Å². The number of nitrogens with one attached hydrogen (secondary N) is 1. The van der Waals surface area contributed by atoms with E-state index in [0.717, 1.165) is 5.56 Å². The van der Waals surface area contributed by atoms with E-state index < -0.39 is 19.5 Å². The second-order valence-corrected chi connectivity index (χ2v) is 9.32. The maximum absolute atomic E-state index is 11.0. The van der Waals surface area contributed by atoms with Gasteiger partial charge >= 0.3 is 5.97 Å². The zero-order chi connectivity index (χ0) is 11.3. The first-order valence-corrected chi connectivity index (χ1v) is 9.00. The lowest BCUT2D eigenvalue weighted by atomic mass is 10.1. The van der Waals surface area contributed by atoms with Crippen LogP contribution in [0.15, 0.2) is 30.3 Å². The van der Waals surface area contributed by atoms with Gasteiger partial charge in [0.05, 0.1) is 0 Å². The molecule has 1 rings (SSSR count). The number of carboxylic acid groups (broad SMARTS) is 1. The van der Waals surface area contributed by atoms with Crippen LogP contribution in [-0.4, -0.2) is 17.1 Å². The first kappa shape index (κ1) is 13.0. The van der Waals surface area contributed by atoms with Crippen LogP contribution in [0.1, 0.15) is 5.56 Å². The van der Waals surface area contributed by atoms with Gasteiger partial charge in [0, 0.05) is 0 Å². The van der Waals surface area contributed by atoms with Gasteiger partial charge in [-0.1, -0.05) is 48.2 Å². The Bertz CT molecular complexity index is 318. The molecule has 82 valence electrons. The van der Waals surface area contributed by atoms with Crippen molar-refractivity contribution in [2.45, 2.75) is 12.5 Å². The van der Waals surface area contributed by atoms with E-state index in [9.17, 15) is 4.79 Å². The maximum atomic E-state index is 11.0. The molecule has 1 aromatic rings. The van der Waals surface area contributed by atoms with Crippen molar-refractivity contribution in [1.82, 2.24) is 5.09 Å². The SMILES string of the molecule is O=C(O)C(Cc1ccccc1)NP(P)P. The van der Waals surface area contributed by atoms with Gasteiger partial charge < -0.3 is 5.11 Å². The number of carboxylic acids is 1. The standard InChI is InChI=1S/C9H14NO2P3/c11-9(12)8(10-15(13)14)6-7-4-2-1-3-5-7/h1-5,8,10H,6,13-14H2,(H,11,12). The minimum Gasteiger partial charge on any atom is -0.480 e. The summed E-state index contributed by atoms with van der Waals surface area (Å²) in [5, 5.41) is 12.0. The minimum atomic E-state index is -0.809. The molecule has 0 bridgehead atoms. The molecule has 6 heteroatoms. The van der Waals surface area contributed by atoms with Crippen LogP contribution < -0.4 is 5.09 Å². The Balaban J connectivity index is 2.63.